The second kappa shape index (κ2) is 27.0. The van der Waals surface area contributed by atoms with Gasteiger partial charge in [0.25, 0.3) is 0 Å². The number of hydrogen-bond acceptors (Lipinski definition) is 14. The topological polar surface area (TPSA) is 206 Å². The summed E-state index contributed by atoms with van der Waals surface area (Å²) in [6.07, 6.45) is -14.6. The molecule has 1 aliphatic carbocycles. The van der Waals surface area contributed by atoms with Crippen molar-refractivity contribution in [3.8, 4) is 51.7 Å². The number of rotatable bonds is 1. The molecule has 1 fully saturated rings. The lowest BCUT2D eigenvalue weighted by Gasteiger charge is -2.32. The SMILES string of the molecule is CC1(C(F)(F)F)OCc2ccc(O)cc21.CC1(C)COCc2ccc(O)cc21.CC1(C)COCc2ccc(O)cc21.CC1(C)COc2ccc(O)cc21.Oc1ccc2c(c1)C(C(F)(F)F)OC2.Oc1ccc2c(c1)C(CC(F)(F)F)OC2.Oc1ccc2c(c1)C1(CC1)CO2. The van der Waals surface area contributed by atoms with Crippen molar-refractivity contribution >= 4 is 0 Å². The average molecular weight is 1320 g/mol. The third kappa shape index (κ3) is 16.3. The Hall–Kier alpha value is -8.09. The van der Waals surface area contributed by atoms with E-state index < -0.39 is 42.8 Å². The van der Waals surface area contributed by atoms with Crippen LogP contribution in [0.4, 0.5) is 39.5 Å². The summed E-state index contributed by atoms with van der Waals surface area (Å²) in [4.78, 5) is 0. The van der Waals surface area contributed by atoms with Crippen LogP contribution in [0.5, 0.6) is 51.7 Å². The molecule has 7 N–H and O–H groups in total. The summed E-state index contributed by atoms with van der Waals surface area (Å²) in [6, 6.07) is 33.8. The first-order valence-electron chi connectivity index (χ1n) is 30.1. The molecule has 23 heteroatoms. The average Bonchev–Trinajstić information content (AvgIpc) is 1.58. The van der Waals surface area contributed by atoms with Gasteiger partial charge >= 0.3 is 18.5 Å². The van der Waals surface area contributed by atoms with Crippen LogP contribution in [0.25, 0.3) is 0 Å². The number of halogens is 9. The van der Waals surface area contributed by atoms with Crippen LogP contribution in [0.3, 0.4) is 0 Å². The number of benzene rings is 7. The largest absolute Gasteiger partial charge is 0.508 e. The first-order chi connectivity index (χ1) is 43.9. The fourth-order valence-electron chi connectivity index (χ4n) is 11.9. The van der Waals surface area contributed by atoms with E-state index in [9.17, 15) is 70.2 Å². The number of fused-ring (bicyclic) bond motifs is 8. The lowest BCUT2D eigenvalue weighted by molar-refractivity contribution is -0.272. The minimum Gasteiger partial charge on any atom is -0.508 e. The molecule has 0 amide bonds. The van der Waals surface area contributed by atoms with Gasteiger partial charge in [-0.3, -0.25) is 0 Å². The van der Waals surface area contributed by atoms with Crippen LogP contribution < -0.4 is 9.47 Å². The van der Waals surface area contributed by atoms with Gasteiger partial charge in [-0.25, -0.2) is 0 Å². The fraction of sp³-hybridized carbons (Fsp3) is 0.408. The minimum absolute atomic E-state index is 0.00463. The second-order valence-electron chi connectivity index (χ2n) is 26.3. The van der Waals surface area contributed by atoms with E-state index in [0.717, 1.165) is 55.9 Å². The summed E-state index contributed by atoms with van der Waals surface area (Å²) in [6.45, 7) is 18.0. The predicted molar refractivity (Wildman–Crippen MR) is 327 cm³/mol. The van der Waals surface area contributed by atoms with Crippen molar-refractivity contribution in [3.63, 3.8) is 0 Å². The number of aromatic hydroxyl groups is 7. The fourth-order valence-corrected chi connectivity index (χ4v) is 11.9. The maximum Gasteiger partial charge on any atom is 0.421 e. The maximum absolute atomic E-state index is 12.7. The van der Waals surface area contributed by atoms with Gasteiger partial charge in [-0.05, 0) is 167 Å². The Balaban J connectivity index is 0.000000129. The number of ether oxygens (including phenoxy) is 7. The van der Waals surface area contributed by atoms with Gasteiger partial charge in [-0.15, -0.1) is 0 Å². The van der Waals surface area contributed by atoms with Gasteiger partial charge in [0.2, 0.25) is 0 Å². The van der Waals surface area contributed by atoms with Crippen molar-refractivity contribution in [2.75, 3.05) is 26.4 Å². The predicted octanol–water partition coefficient (Wildman–Crippen LogP) is 16.4. The molecule has 3 unspecified atom stereocenters. The van der Waals surface area contributed by atoms with E-state index in [1.54, 1.807) is 36.4 Å². The molecule has 7 aromatic rings. The van der Waals surface area contributed by atoms with Crippen molar-refractivity contribution in [1.82, 2.24) is 0 Å². The van der Waals surface area contributed by atoms with Crippen LogP contribution in [0.1, 0.15) is 147 Å². The highest BCUT2D eigenvalue weighted by Gasteiger charge is 2.57. The lowest BCUT2D eigenvalue weighted by atomic mass is 9.81. The number of phenols is 7. The Kier molecular flexibility index (Phi) is 20.1. The lowest BCUT2D eigenvalue weighted by Crippen LogP contribution is -2.38. The molecular formula is C71H75F9O14. The molecule has 94 heavy (non-hydrogen) atoms. The molecule has 0 radical (unpaired) electrons. The zero-order valence-corrected chi connectivity index (χ0v) is 52.7. The third-order valence-electron chi connectivity index (χ3n) is 17.4. The highest BCUT2D eigenvalue weighted by atomic mass is 19.4. The van der Waals surface area contributed by atoms with Gasteiger partial charge in [0, 0.05) is 38.4 Å². The van der Waals surface area contributed by atoms with Gasteiger partial charge in [-0.1, -0.05) is 71.9 Å². The summed E-state index contributed by atoms with van der Waals surface area (Å²) in [5.74, 6) is 2.81. The monoisotopic (exact) mass is 1320 g/mol. The molecule has 1 spiro atoms. The molecule has 0 bridgehead atoms. The normalized spacial score (nSPS) is 21.0. The Morgan fingerprint density at radius 2 is 0.777 bits per heavy atom. The Labute approximate surface area is 537 Å². The van der Waals surface area contributed by atoms with E-state index in [2.05, 4.69) is 46.3 Å². The molecule has 3 atom stereocenters. The van der Waals surface area contributed by atoms with Crippen LogP contribution in [-0.4, -0.2) is 80.7 Å². The highest BCUT2D eigenvalue weighted by molar-refractivity contribution is 5.51. The van der Waals surface area contributed by atoms with E-state index in [1.165, 1.54) is 77.1 Å². The summed E-state index contributed by atoms with van der Waals surface area (Å²) < 4.78 is 148. The van der Waals surface area contributed by atoms with Gasteiger partial charge in [0.15, 0.2) is 11.7 Å². The van der Waals surface area contributed by atoms with Gasteiger partial charge < -0.3 is 68.9 Å². The minimum atomic E-state index is -4.48. The quantitative estimate of drug-likeness (QED) is 0.0764. The molecule has 506 valence electrons. The number of hydrogen-bond donors (Lipinski definition) is 7. The second-order valence-corrected chi connectivity index (χ2v) is 26.3. The van der Waals surface area contributed by atoms with Gasteiger partial charge in [-0.2, -0.15) is 39.5 Å². The van der Waals surface area contributed by atoms with Crippen molar-refractivity contribution < 1.29 is 108 Å². The van der Waals surface area contributed by atoms with Crippen LogP contribution in [0.2, 0.25) is 0 Å². The molecule has 0 saturated heterocycles. The zero-order valence-electron chi connectivity index (χ0n) is 52.7. The molecule has 0 aromatic heterocycles. The van der Waals surface area contributed by atoms with Crippen molar-refractivity contribution in [2.24, 2.45) is 0 Å². The van der Waals surface area contributed by atoms with Crippen LogP contribution in [0.15, 0.2) is 127 Å². The van der Waals surface area contributed by atoms with E-state index in [1.807, 2.05) is 42.5 Å². The zero-order chi connectivity index (χ0) is 68.6. The van der Waals surface area contributed by atoms with Gasteiger partial charge in [0.1, 0.15) is 51.7 Å². The highest BCUT2D eigenvalue weighted by Crippen LogP contribution is 2.56. The Morgan fingerprint density at radius 3 is 1.26 bits per heavy atom. The van der Waals surface area contributed by atoms with Crippen molar-refractivity contribution in [1.29, 1.82) is 0 Å². The molecule has 14 nitrogen and oxygen atoms in total. The maximum atomic E-state index is 12.7. The van der Waals surface area contributed by atoms with Crippen molar-refractivity contribution in [2.45, 2.75) is 159 Å². The Bertz CT molecular complexity index is 3720. The summed E-state index contributed by atoms with van der Waals surface area (Å²) in [5.41, 5.74) is 7.26. The number of alkyl halides is 9. The van der Waals surface area contributed by atoms with E-state index >= 15 is 0 Å². The molecular weight excluding hydrogens is 1250 g/mol. The van der Waals surface area contributed by atoms with Crippen molar-refractivity contribution in [3.05, 3.63) is 194 Å². The van der Waals surface area contributed by atoms with E-state index in [-0.39, 0.29) is 69.9 Å². The molecule has 8 aliphatic rings. The first-order valence-corrected chi connectivity index (χ1v) is 30.1. The summed E-state index contributed by atoms with van der Waals surface area (Å²) in [7, 11) is 0. The van der Waals surface area contributed by atoms with Crippen LogP contribution in [0, 0.1) is 0 Å². The molecule has 1 saturated carbocycles. The third-order valence-corrected chi connectivity index (χ3v) is 17.4. The standard InChI is InChI=1S/2C11H14O2.2C10H9F3O2.C10H10O2.C10H12O2.C9H7F3O2/c2*1-11(2)7-13-6-8-3-4-9(12)5-10(8)11;1-9(10(11,12)13)8-4-7(14)3-2-6(8)5-15-9;11-10(12,13)4-9-8-3-7(14)2-1-6(8)5-15-9;11-7-1-2-9-8(5-7)10(3-4-10)6-12-9;1-10(2)6-12-9-4-3-7(11)5-8(9)10;10-9(11,12)8-7-3-6(13)2-1-5(7)4-14-8/h2*3-5,12H,6-7H2,1-2H3;2-4,14H,5H2,1H3;1-3,9,14H,4-5H2;1-2,5,11H,3-4,6H2;3-5,11H,6H2,1-2H3;1-3,8,13H,4H2. The van der Waals surface area contributed by atoms with Crippen LogP contribution in [-0.2, 0) is 84.0 Å². The summed E-state index contributed by atoms with van der Waals surface area (Å²) >= 11 is 0. The molecule has 7 heterocycles. The van der Waals surface area contributed by atoms with Crippen LogP contribution >= 0.6 is 0 Å². The molecule has 15 rings (SSSR count). The van der Waals surface area contributed by atoms with E-state index in [4.69, 9.17) is 33.5 Å². The summed E-state index contributed by atoms with van der Waals surface area (Å²) in [5, 5.41) is 64.7. The number of phenolic OH excluding ortho intramolecular Hbond substituents is 7. The first kappa shape index (κ1) is 70.2. The smallest absolute Gasteiger partial charge is 0.421 e. The molecule has 7 aliphatic heterocycles. The van der Waals surface area contributed by atoms with Gasteiger partial charge in [0.05, 0.1) is 72.0 Å². The van der Waals surface area contributed by atoms with E-state index in [0.29, 0.717) is 65.1 Å². The molecule has 7 aromatic carbocycles. The Morgan fingerprint density at radius 1 is 0.394 bits per heavy atom.